The van der Waals surface area contributed by atoms with Crippen molar-refractivity contribution in [3.05, 3.63) is 23.8 Å². The lowest BCUT2D eigenvalue weighted by Crippen LogP contribution is -2.46. The summed E-state index contributed by atoms with van der Waals surface area (Å²) in [6, 6.07) is 6.60. The number of benzene rings is 1. The Bertz CT molecular complexity index is 450. The van der Waals surface area contributed by atoms with Crippen LogP contribution in [0.3, 0.4) is 0 Å². The number of ether oxygens (including phenoxy) is 2. The number of piperidine rings is 1. The van der Waals surface area contributed by atoms with Crippen LogP contribution < -0.4 is 15.2 Å². The van der Waals surface area contributed by atoms with Crippen LogP contribution in [-0.4, -0.2) is 30.8 Å². The zero-order valence-electron chi connectivity index (χ0n) is 11.5. The van der Waals surface area contributed by atoms with E-state index in [4.69, 9.17) is 15.2 Å². The Morgan fingerprint density at radius 2 is 2.16 bits per heavy atom. The maximum absolute atomic E-state index is 6.16. The molecule has 104 valence electrons. The summed E-state index contributed by atoms with van der Waals surface area (Å²) in [5.41, 5.74) is 7.44. The summed E-state index contributed by atoms with van der Waals surface area (Å²) in [6.45, 7) is 5.74. The van der Waals surface area contributed by atoms with Gasteiger partial charge in [-0.1, -0.05) is 19.4 Å². The van der Waals surface area contributed by atoms with Crippen molar-refractivity contribution in [3.8, 4) is 11.5 Å². The Morgan fingerprint density at radius 3 is 3.00 bits per heavy atom. The highest BCUT2D eigenvalue weighted by molar-refractivity contribution is 5.44. The monoisotopic (exact) mass is 262 g/mol. The Hall–Kier alpha value is -1.26. The zero-order valence-corrected chi connectivity index (χ0v) is 11.5. The first kappa shape index (κ1) is 12.8. The molecular formula is C15H22N2O2. The van der Waals surface area contributed by atoms with E-state index in [0.29, 0.717) is 18.8 Å². The van der Waals surface area contributed by atoms with Crippen LogP contribution in [-0.2, 0) is 6.54 Å². The van der Waals surface area contributed by atoms with Crippen LogP contribution in [0.25, 0.3) is 0 Å². The van der Waals surface area contributed by atoms with Crippen molar-refractivity contribution in [2.45, 2.75) is 32.4 Å². The van der Waals surface area contributed by atoms with Crippen LogP contribution in [0.4, 0.5) is 0 Å². The topological polar surface area (TPSA) is 47.7 Å². The minimum atomic E-state index is 0.343. The molecule has 0 amide bonds. The van der Waals surface area contributed by atoms with E-state index in [1.165, 1.54) is 12.0 Å². The van der Waals surface area contributed by atoms with Gasteiger partial charge in [-0.2, -0.15) is 0 Å². The second-order valence-electron chi connectivity index (χ2n) is 5.54. The molecule has 0 saturated carbocycles. The Kier molecular flexibility index (Phi) is 3.62. The quantitative estimate of drug-likeness (QED) is 0.905. The molecule has 2 unspecified atom stereocenters. The summed E-state index contributed by atoms with van der Waals surface area (Å²) < 4.78 is 10.8. The molecule has 0 spiro atoms. The molecule has 1 saturated heterocycles. The smallest absolute Gasteiger partial charge is 0.231 e. The summed E-state index contributed by atoms with van der Waals surface area (Å²) >= 11 is 0. The summed E-state index contributed by atoms with van der Waals surface area (Å²) in [7, 11) is 0. The fraction of sp³-hybridized carbons (Fsp3) is 0.600. The van der Waals surface area contributed by atoms with Crippen LogP contribution in [0.2, 0.25) is 0 Å². The molecule has 2 atom stereocenters. The van der Waals surface area contributed by atoms with E-state index in [9.17, 15) is 0 Å². The maximum Gasteiger partial charge on any atom is 0.231 e. The minimum Gasteiger partial charge on any atom is -0.454 e. The highest BCUT2D eigenvalue weighted by atomic mass is 16.7. The SMILES string of the molecule is CCC1CN(Cc2ccc3c(c2)OCO3)CCC1N. The van der Waals surface area contributed by atoms with Gasteiger partial charge in [-0.15, -0.1) is 0 Å². The highest BCUT2D eigenvalue weighted by Gasteiger charge is 2.25. The molecule has 3 rings (SSSR count). The van der Waals surface area contributed by atoms with Crippen molar-refractivity contribution in [3.63, 3.8) is 0 Å². The first-order chi connectivity index (χ1) is 9.26. The van der Waals surface area contributed by atoms with Crippen LogP contribution >= 0.6 is 0 Å². The van der Waals surface area contributed by atoms with Gasteiger partial charge in [0.15, 0.2) is 11.5 Å². The van der Waals surface area contributed by atoms with Gasteiger partial charge in [0.2, 0.25) is 6.79 Å². The van der Waals surface area contributed by atoms with Crippen molar-refractivity contribution < 1.29 is 9.47 Å². The Balaban J connectivity index is 1.65. The summed E-state index contributed by atoms with van der Waals surface area (Å²) in [5, 5.41) is 0. The number of hydrogen-bond acceptors (Lipinski definition) is 4. The number of nitrogens with zero attached hydrogens (tertiary/aromatic N) is 1. The summed E-state index contributed by atoms with van der Waals surface area (Å²) in [4.78, 5) is 2.50. The fourth-order valence-corrected chi connectivity index (χ4v) is 3.00. The lowest BCUT2D eigenvalue weighted by Gasteiger charge is -2.36. The van der Waals surface area contributed by atoms with Crippen LogP contribution in [0.1, 0.15) is 25.3 Å². The third kappa shape index (κ3) is 2.69. The zero-order chi connectivity index (χ0) is 13.2. The largest absolute Gasteiger partial charge is 0.454 e. The lowest BCUT2D eigenvalue weighted by atomic mass is 9.90. The van der Waals surface area contributed by atoms with Gasteiger partial charge in [0.05, 0.1) is 0 Å². The van der Waals surface area contributed by atoms with Crippen LogP contribution in [0, 0.1) is 5.92 Å². The first-order valence-electron chi connectivity index (χ1n) is 7.12. The van der Waals surface area contributed by atoms with E-state index in [1.54, 1.807) is 0 Å². The fourth-order valence-electron chi connectivity index (χ4n) is 3.00. The van der Waals surface area contributed by atoms with Gasteiger partial charge in [-0.05, 0) is 36.6 Å². The number of likely N-dealkylation sites (tertiary alicyclic amines) is 1. The van der Waals surface area contributed by atoms with Gasteiger partial charge in [-0.3, -0.25) is 4.90 Å². The number of rotatable bonds is 3. The van der Waals surface area contributed by atoms with E-state index in [-0.39, 0.29) is 0 Å². The average molecular weight is 262 g/mol. The Morgan fingerprint density at radius 1 is 1.32 bits per heavy atom. The molecule has 2 aliphatic rings. The van der Waals surface area contributed by atoms with Crippen LogP contribution in [0.15, 0.2) is 18.2 Å². The molecule has 0 aliphatic carbocycles. The molecule has 1 aromatic rings. The van der Waals surface area contributed by atoms with Crippen molar-refractivity contribution in [2.24, 2.45) is 11.7 Å². The lowest BCUT2D eigenvalue weighted by molar-refractivity contribution is 0.145. The van der Waals surface area contributed by atoms with Crippen molar-refractivity contribution >= 4 is 0 Å². The molecule has 1 aromatic carbocycles. The molecule has 4 heteroatoms. The van der Waals surface area contributed by atoms with E-state index >= 15 is 0 Å². The van der Waals surface area contributed by atoms with E-state index in [0.717, 1.165) is 37.6 Å². The van der Waals surface area contributed by atoms with Gasteiger partial charge in [-0.25, -0.2) is 0 Å². The predicted octanol–water partition coefficient (Wildman–Crippen LogP) is 1.97. The minimum absolute atomic E-state index is 0.343. The van der Waals surface area contributed by atoms with Gasteiger partial charge in [0.25, 0.3) is 0 Å². The molecule has 1 fully saturated rings. The van der Waals surface area contributed by atoms with E-state index in [2.05, 4.69) is 24.0 Å². The average Bonchev–Trinajstić information content (AvgIpc) is 2.88. The van der Waals surface area contributed by atoms with Crippen LogP contribution in [0.5, 0.6) is 11.5 Å². The molecular weight excluding hydrogens is 240 g/mol. The number of hydrogen-bond donors (Lipinski definition) is 1. The normalized spacial score (nSPS) is 26.6. The standard InChI is InChI=1S/C15H22N2O2/c1-2-12-9-17(6-5-13(12)16)8-11-3-4-14-15(7-11)19-10-18-14/h3-4,7,12-13H,2,5-6,8-10,16H2,1H3. The molecule has 2 N–H and O–H groups in total. The molecule has 0 aromatic heterocycles. The van der Waals surface area contributed by atoms with Gasteiger partial charge >= 0.3 is 0 Å². The molecule has 2 aliphatic heterocycles. The van der Waals surface area contributed by atoms with E-state index < -0.39 is 0 Å². The van der Waals surface area contributed by atoms with Crippen molar-refractivity contribution in [1.82, 2.24) is 4.90 Å². The number of fused-ring (bicyclic) bond motifs is 1. The molecule has 0 radical (unpaired) electrons. The second-order valence-corrected chi connectivity index (χ2v) is 5.54. The van der Waals surface area contributed by atoms with Crippen molar-refractivity contribution in [2.75, 3.05) is 19.9 Å². The molecule has 0 bridgehead atoms. The number of nitrogens with two attached hydrogens (primary N) is 1. The van der Waals surface area contributed by atoms with Gasteiger partial charge in [0.1, 0.15) is 0 Å². The first-order valence-corrected chi connectivity index (χ1v) is 7.12. The molecule has 4 nitrogen and oxygen atoms in total. The third-order valence-corrected chi connectivity index (χ3v) is 4.24. The van der Waals surface area contributed by atoms with Crippen molar-refractivity contribution in [1.29, 1.82) is 0 Å². The summed E-state index contributed by atoms with van der Waals surface area (Å²) in [6.07, 6.45) is 2.27. The van der Waals surface area contributed by atoms with Gasteiger partial charge < -0.3 is 15.2 Å². The second kappa shape index (κ2) is 5.39. The van der Waals surface area contributed by atoms with Gasteiger partial charge in [0, 0.05) is 19.1 Å². The molecule has 19 heavy (non-hydrogen) atoms. The summed E-state index contributed by atoms with van der Waals surface area (Å²) in [5.74, 6) is 2.36. The molecule has 2 heterocycles. The maximum atomic E-state index is 6.16. The third-order valence-electron chi connectivity index (χ3n) is 4.24. The Labute approximate surface area is 114 Å². The predicted molar refractivity (Wildman–Crippen MR) is 74.2 cm³/mol. The highest BCUT2D eigenvalue weighted by Crippen LogP contribution is 2.33. The van der Waals surface area contributed by atoms with E-state index in [1.807, 2.05) is 6.07 Å².